The molecule has 0 spiro atoms. The number of carbonyl (C=O) groups is 2. The molecule has 4 rings (SSSR count). The maximum absolute atomic E-state index is 12.6. The van der Waals surface area contributed by atoms with Gasteiger partial charge in [0.05, 0.1) is 5.56 Å². The number of nitrogens with one attached hydrogen (secondary N) is 2. The van der Waals surface area contributed by atoms with E-state index in [9.17, 15) is 9.59 Å². The minimum absolute atomic E-state index is 0.0483. The summed E-state index contributed by atoms with van der Waals surface area (Å²) in [6.45, 7) is 3.10. The van der Waals surface area contributed by atoms with Crippen LogP contribution in [0.5, 0.6) is 0 Å². The summed E-state index contributed by atoms with van der Waals surface area (Å²) in [5.74, 6) is -0.164. The average molecular weight is 386 g/mol. The third-order valence-corrected chi connectivity index (χ3v) is 4.90. The Morgan fingerprint density at radius 2 is 1.59 bits per heavy atom. The zero-order valence-corrected chi connectivity index (χ0v) is 16.0. The van der Waals surface area contributed by atoms with Gasteiger partial charge in [0.15, 0.2) is 0 Å². The van der Waals surface area contributed by atoms with Crippen LogP contribution < -0.4 is 10.6 Å². The van der Waals surface area contributed by atoms with E-state index in [2.05, 4.69) is 15.6 Å². The van der Waals surface area contributed by atoms with E-state index in [0.29, 0.717) is 11.1 Å². The predicted molar refractivity (Wildman–Crippen MR) is 113 cm³/mol. The lowest BCUT2D eigenvalue weighted by atomic mass is 10.0. The fourth-order valence-corrected chi connectivity index (χ4v) is 3.30. The second kappa shape index (κ2) is 8.67. The topological polar surface area (TPSA) is 74.3 Å². The number of para-hydroxylation sites is 1. The van der Waals surface area contributed by atoms with Gasteiger partial charge in [-0.05, 0) is 35.9 Å². The van der Waals surface area contributed by atoms with E-state index in [-0.39, 0.29) is 11.8 Å². The van der Waals surface area contributed by atoms with Gasteiger partial charge in [-0.1, -0.05) is 30.3 Å². The van der Waals surface area contributed by atoms with Crippen molar-refractivity contribution in [2.45, 2.75) is 0 Å². The Morgan fingerprint density at radius 3 is 2.31 bits per heavy atom. The summed E-state index contributed by atoms with van der Waals surface area (Å²) >= 11 is 0. The smallest absolute Gasteiger partial charge is 0.257 e. The van der Waals surface area contributed by atoms with E-state index in [1.54, 1.807) is 18.5 Å². The van der Waals surface area contributed by atoms with Crippen LogP contribution in [-0.4, -0.2) is 47.9 Å². The van der Waals surface area contributed by atoms with E-state index in [0.717, 1.165) is 43.0 Å². The highest BCUT2D eigenvalue weighted by molar-refractivity contribution is 6.04. The number of amides is 2. The molecule has 2 aromatic carbocycles. The van der Waals surface area contributed by atoms with E-state index in [1.807, 2.05) is 59.5 Å². The average Bonchev–Trinajstić information content (AvgIpc) is 2.80. The zero-order chi connectivity index (χ0) is 20.1. The summed E-state index contributed by atoms with van der Waals surface area (Å²) in [7, 11) is 0. The molecule has 6 heteroatoms. The van der Waals surface area contributed by atoms with Crippen LogP contribution in [0.2, 0.25) is 0 Å². The summed E-state index contributed by atoms with van der Waals surface area (Å²) in [5, 5.41) is 6.11. The van der Waals surface area contributed by atoms with E-state index >= 15 is 0 Å². The summed E-state index contributed by atoms with van der Waals surface area (Å²) in [5.41, 5.74) is 3.61. The molecule has 0 aliphatic carbocycles. The van der Waals surface area contributed by atoms with Crippen LogP contribution in [0.1, 0.15) is 20.7 Å². The number of anilines is 1. The fraction of sp³-hybridized carbons (Fsp3) is 0.174. The second-order valence-electron chi connectivity index (χ2n) is 6.90. The Kier molecular flexibility index (Phi) is 5.63. The van der Waals surface area contributed by atoms with Crippen LogP contribution in [-0.2, 0) is 0 Å². The molecule has 0 saturated carbocycles. The first kappa shape index (κ1) is 18.8. The number of benzene rings is 2. The number of pyridine rings is 1. The van der Waals surface area contributed by atoms with Crippen LogP contribution in [0, 0.1) is 0 Å². The molecule has 29 heavy (non-hydrogen) atoms. The number of hydrogen-bond donors (Lipinski definition) is 2. The van der Waals surface area contributed by atoms with Crippen LogP contribution in [0.3, 0.4) is 0 Å². The van der Waals surface area contributed by atoms with Crippen LogP contribution in [0.4, 0.5) is 5.69 Å². The molecule has 6 nitrogen and oxygen atoms in total. The third-order valence-electron chi connectivity index (χ3n) is 4.90. The molecule has 0 bridgehead atoms. The quantitative estimate of drug-likeness (QED) is 0.723. The van der Waals surface area contributed by atoms with E-state index < -0.39 is 0 Å². The lowest BCUT2D eigenvalue weighted by Gasteiger charge is -2.27. The summed E-state index contributed by atoms with van der Waals surface area (Å²) in [6.07, 6.45) is 3.26. The molecule has 1 aliphatic rings. The first-order valence-corrected chi connectivity index (χ1v) is 9.62. The zero-order valence-electron chi connectivity index (χ0n) is 16.0. The van der Waals surface area contributed by atoms with Gasteiger partial charge in [-0.15, -0.1) is 0 Å². The van der Waals surface area contributed by atoms with Crippen LogP contribution >= 0.6 is 0 Å². The highest BCUT2D eigenvalue weighted by Gasteiger charge is 2.18. The van der Waals surface area contributed by atoms with Crippen molar-refractivity contribution in [2.75, 3.05) is 31.5 Å². The molecule has 2 amide bonds. The Bertz CT molecular complexity index is 997. The molecule has 3 aromatic rings. The van der Waals surface area contributed by atoms with Gasteiger partial charge in [0.2, 0.25) is 0 Å². The maximum Gasteiger partial charge on any atom is 0.257 e. The Balaban J connectivity index is 1.49. The van der Waals surface area contributed by atoms with Gasteiger partial charge in [0.25, 0.3) is 11.8 Å². The molecule has 0 radical (unpaired) electrons. The molecular formula is C23H22N4O2. The summed E-state index contributed by atoms with van der Waals surface area (Å²) in [4.78, 5) is 31.2. The molecule has 2 N–H and O–H groups in total. The van der Waals surface area contributed by atoms with Crippen molar-refractivity contribution in [3.63, 3.8) is 0 Å². The van der Waals surface area contributed by atoms with Crippen molar-refractivity contribution in [1.29, 1.82) is 0 Å². The summed E-state index contributed by atoms with van der Waals surface area (Å²) in [6, 6.07) is 18.6. The predicted octanol–water partition coefficient (Wildman–Crippen LogP) is 3.05. The van der Waals surface area contributed by atoms with Gasteiger partial charge < -0.3 is 15.5 Å². The fourth-order valence-electron chi connectivity index (χ4n) is 3.30. The van der Waals surface area contributed by atoms with Crippen molar-refractivity contribution in [1.82, 2.24) is 15.2 Å². The van der Waals surface area contributed by atoms with E-state index in [1.165, 1.54) is 0 Å². The first-order valence-electron chi connectivity index (χ1n) is 9.62. The maximum atomic E-state index is 12.6. The van der Waals surface area contributed by atoms with Crippen molar-refractivity contribution in [3.8, 4) is 11.1 Å². The molecule has 0 atom stereocenters. The number of piperazine rings is 1. The molecule has 0 unspecified atom stereocenters. The van der Waals surface area contributed by atoms with E-state index in [4.69, 9.17) is 0 Å². The molecular weight excluding hydrogens is 364 g/mol. The minimum Gasteiger partial charge on any atom is -0.336 e. The van der Waals surface area contributed by atoms with Gasteiger partial charge in [0, 0.05) is 55.4 Å². The molecule has 1 fully saturated rings. The highest BCUT2D eigenvalue weighted by atomic mass is 16.2. The van der Waals surface area contributed by atoms with Crippen molar-refractivity contribution >= 4 is 17.5 Å². The number of carbonyl (C=O) groups excluding carboxylic acids is 2. The van der Waals surface area contributed by atoms with Gasteiger partial charge in [-0.3, -0.25) is 14.6 Å². The Morgan fingerprint density at radius 1 is 0.862 bits per heavy atom. The standard InChI is InChI=1S/C23H22N4O2/c28-22(26-21-4-2-1-3-5-21)20-14-19(15-25-16-20)17-6-8-18(9-7-17)23(29)27-12-10-24-11-13-27/h1-9,14-16,24H,10-13H2,(H,26,28). The lowest BCUT2D eigenvalue weighted by Crippen LogP contribution is -2.46. The van der Waals surface area contributed by atoms with Gasteiger partial charge in [-0.25, -0.2) is 0 Å². The summed E-state index contributed by atoms with van der Waals surface area (Å²) < 4.78 is 0. The number of aromatic nitrogens is 1. The monoisotopic (exact) mass is 386 g/mol. The van der Waals surface area contributed by atoms with Gasteiger partial charge in [-0.2, -0.15) is 0 Å². The van der Waals surface area contributed by atoms with Crippen molar-refractivity contribution < 1.29 is 9.59 Å². The minimum atomic E-state index is -0.212. The highest BCUT2D eigenvalue weighted by Crippen LogP contribution is 2.21. The normalized spacial score (nSPS) is 13.7. The second-order valence-corrected chi connectivity index (χ2v) is 6.90. The number of hydrogen-bond acceptors (Lipinski definition) is 4. The number of rotatable bonds is 4. The largest absolute Gasteiger partial charge is 0.336 e. The molecule has 1 aromatic heterocycles. The third kappa shape index (κ3) is 4.50. The molecule has 1 aliphatic heterocycles. The molecule has 1 saturated heterocycles. The molecule has 146 valence electrons. The van der Waals surface area contributed by atoms with Gasteiger partial charge in [0.1, 0.15) is 0 Å². The Hall–Kier alpha value is -3.51. The Labute approximate surface area is 169 Å². The van der Waals surface area contributed by atoms with Gasteiger partial charge >= 0.3 is 0 Å². The van der Waals surface area contributed by atoms with Crippen molar-refractivity contribution in [2.24, 2.45) is 0 Å². The SMILES string of the molecule is O=C(Nc1ccccc1)c1cncc(-c2ccc(C(=O)N3CCNCC3)cc2)c1. The van der Waals surface area contributed by atoms with Crippen LogP contribution in [0.25, 0.3) is 11.1 Å². The van der Waals surface area contributed by atoms with Crippen LogP contribution in [0.15, 0.2) is 73.1 Å². The first-order chi connectivity index (χ1) is 14.2. The van der Waals surface area contributed by atoms with Crippen molar-refractivity contribution in [3.05, 3.63) is 84.2 Å². The molecule has 2 heterocycles. The lowest BCUT2D eigenvalue weighted by molar-refractivity contribution is 0.0735. The number of nitrogens with zero attached hydrogens (tertiary/aromatic N) is 2.